The molecule has 0 amide bonds. The van der Waals surface area contributed by atoms with Crippen LogP contribution in [0, 0.1) is 5.82 Å². The van der Waals surface area contributed by atoms with E-state index in [1.165, 1.54) is 24.5 Å². The molecule has 28 heavy (non-hydrogen) atoms. The summed E-state index contributed by atoms with van der Waals surface area (Å²) in [7, 11) is -3.45. The Labute approximate surface area is 160 Å². The Kier molecular flexibility index (Phi) is 3.87. The lowest BCUT2D eigenvalue weighted by molar-refractivity contribution is 0.172. The molecule has 0 bridgehead atoms. The molecule has 0 spiro atoms. The summed E-state index contributed by atoms with van der Waals surface area (Å²) < 4.78 is 52.6. The minimum atomic E-state index is -3.45. The second kappa shape index (κ2) is 6.30. The average Bonchev–Trinajstić information content (AvgIpc) is 3.52. The van der Waals surface area contributed by atoms with Gasteiger partial charge in [0.25, 0.3) is 0 Å². The topological polar surface area (TPSA) is 90.4 Å². The predicted molar refractivity (Wildman–Crippen MR) is 101 cm³/mol. The van der Waals surface area contributed by atoms with Crippen LogP contribution >= 0.6 is 0 Å². The minimum absolute atomic E-state index is 0.195. The van der Waals surface area contributed by atoms with E-state index in [1.807, 2.05) is 0 Å². The zero-order valence-electron chi connectivity index (χ0n) is 14.7. The largest absolute Gasteiger partial charge is 0.486 e. The van der Waals surface area contributed by atoms with Gasteiger partial charge in [-0.1, -0.05) is 0 Å². The summed E-state index contributed by atoms with van der Waals surface area (Å²) in [4.78, 5) is 8.48. The second-order valence-corrected chi connectivity index (χ2v) is 8.74. The molecule has 1 aliphatic heterocycles. The molecule has 0 saturated heterocycles. The van der Waals surface area contributed by atoms with Crippen LogP contribution in [0.5, 0.6) is 11.5 Å². The summed E-state index contributed by atoms with van der Waals surface area (Å²) in [6, 6.07) is 7.69. The molecule has 0 atom stereocenters. The van der Waals surface area contributed by atoms with Crippen LogP contribution in [0.3, 0.4) is 0 Å². The minimum Gasteiger partial charge on any atom is -0.486 e. The third-order valence-electron chi connectivity index (χ3n) is 4.75. The number of halogens is 1. The number of hydrogen-bond acceptors (Lipinski definition) is 6. The van der Waals surface area contributed by atoms with E-state index in [2.05, 4.69) is 14.7 Å². The Hall–Kier alpha value is -2.94. The van der Waals surface area contributed by atoms with Gasteiger partial charge in [0.1, 0.15) is 25.4 Å². The van der Waals surface area contributed by atoms with Gasteiger partial charge in [0.2, 0.25) is 10.0 Å². The van der Waals surface area contributed by atoms with Crippen molar-refractivity contribution in [2.75, 3.05) is 17.9 Å². The zero-order valence-corrected chi connectivity index (χ0v) is 15.5. The number of nitrogens with one attached hydrogen (secondary N) is 1. The van der Waals surface area contributed by atoms with Crippen molar-refractivity contribution < 1.29 is 22.3 Å². The fourth-order valence-corrected chi connectivity index (χ4v) is 4.58. The van der Waals surface area contributed by atoms with Gasteiger partial charge in [0.15, 0.2) is 11.5 Å². The molecule has 0 unspecified atom stereocenters. The standard InChI is InChI=1S/C19H16FN3O4S/c20-15-7-11(23-28(24,25)12-2-3-12)1-4-13(15)19-14-8-17-18(27-6-5-26-17)9-16(14)21-10-22-19/h1,4,7-10,12,23H,2-3,5-6H2. The molecule has 1 N–H and O–H groups in total. The third-order valence-corrected chi connectivity index (χ3v) is 6.62. The lowest BCUT2D eigenvalue weighted by Crippen LogP contribution is -2.17. The molecule has 7 nitrogen and oxygen atoms in total. The van der Waals surface area contributed by atoms with Gasteiger partial charge >= 0.3 is 0 Å². The molecular formula is C19H16FN3O4S. The fraction of sp³-hybridized carbons (Fsp3) is 0.263. The van der Waals surface area contributed by atoms with E-state index in [0.29, 0.717) is 54.2 Å². The van der Waals surface area contributed by atoms with Gasteiger partial charge in [-0.05, 0) is 37.1 Å². The van der Waals surface area contributed by atoms with Gasteiger partial charge in [-0.15, -0.1) is 0 Å². The summed E-state index contributed by atoms with van der Waals surface area (Å²) in [5, 5.41) is 0.242. The number of ether oxygens (including phenoxy) is 2. The van der Waals surface area contributed by atoms with Gasteiger partial charge in [-0.25, -0.2) is 22.8 Å². The van der Waals surface area contributed by atoms with Crippen LogP contribution in [0.2, 0.25) is 0 Å². The van der Waals surface area contributed by atoms with Crippen LogP contribution in [-0.4, -0.2) is 36.8 Å². The molecule has 2 aromatic carbocycles. The van der Waals surface area contributed by atoms with Crippen LogP contribution in [0.25, 0.3) is 22.2 Å². The highest BCUT2D eigenvalue weighted by Crippen LogP contribution is 2.38. The van der Waals surface area contributed by atoms with Gasteiger partial charge in [0.05, 0.1) is 22.1 Å². The molecular weight excluding hydrogens is 385 g/mol. The van der Waals surface area contributed by atoms with E-state index < -0.39 is 15.8 Å². The Morgan fingerprint density at radius 2 is 1.79 bits per heavy atom. The first-order chi connectivity index (χ1) is 13.5. The van der Waals surface area contributed by atoms with Crippen molar-refractivity contribution in [1.82, 2.24) is 9.97 Å². The maximum Gasteiger partial charge on any atom is 0.235 e. The smallest absolute Gasteiger partial charge is 0.235 e. The van der Waals surface area contributed by atoms with E-state index in [4.69, 9.17) is 9.47 Å². The van der Waals surface area contributed by atoms with E-state index in [-0.39, 0.29) is 16.5 Å². The quantitative estimate of drug-likeness (QED) is 0.722. The zero-order chi connectivity index (χ0) is 19.3. The van der Waals surface area contributed by atoms with Crippen molar-refractivity contribution in [2.24, 2.45) is 0 Å². The first kappa shape index (κ1) is 17.2. The molecule has 1 aliphatic carbocycles. The Morgan fingerprint density at radius 1 is 1.04 bits per heavy atom. The van der Waals surface area contributed by atoms with E-state index in [1.54, 1.807) is 12.1 Å². The Bertz CT molecular complexity index is 1200. The summed E-state index contributed by atoms with van der Waals surface area (Å²) >= 11 is 0. The molecule has 2 aliphatic rings. The number of aromatic nitrogens is 2. The average molecular weight is 401 g/mol. The molecule has 9 heteroatoms. The number of sulfonamides is 1. The first-order valence-electron chi connectivity index (χ1n) is 8.87. The van der Waals surface area contributed by atoms with Crippen molar-refractivity contribution in [1.29, 1.82) is 0 Å². The molecule has 1 fully saturated rings. The SMILES string of the molecule is O=S(=O)(Nc1ccc(-c2ncnc3cc4c(cc23)OCCO4)c(F)c1)C1CC1. The third kappa shape index (κ3) is 3.01. The number of rotatable bonds is 4. The maximum absolute atomic E-state index is 14.8. The van der Waals surface area contributed by atoms with Crippen LogP contribution in [0.4, 0.5) is 10.1 Å². The number of hydrogen-bond donors (Lipinski definition) is 1. The summed E-state index contributed by atoms with van der Waals surface area (Å²) in [5.41, 5.74) is 1.45. The number of fused-ring (bicyclic) bond motifs is 2. The molecule has 144 valence electrons. The number of nitrogens with zero attached hydrogens (tertiary/aromatic N) is 2. The molecule has 2 heterocycles. The number of anilines is 1. The highest BCUT2D eigenvalue weighted by atomic mass is 32.2. The maximum atomic E-state index is 14.8. The van der Waals surface area contributed by atoms with Crippen LogP contribution in [0.1, 0.15) is 12.8 Å². The lowest BCUT2D eigenvalue weighted by atomic mass is 10.0. The van der Waals surface area contributed by atoms with Crippen molar-refractivity contribution in [3.8, 4) is 22.8 Å². The summed E-state index contributed by atoms with van der Waals surface area (Å²) in [6.45, 7) is 0.898. The van der Waals surface area contributed by atoms with E-state index in [9.17, 15) is 12.8 Å². The van der Waals surface area contributed by atoms with Crippen molar-refractivity contribution in [3.63, 3.8) is 0 Å². The number of benzene rings is 2. The van der Waals surface area contributed by atoms with Gasteiger partial charge in [-0.3, -0.25) is 4.72 Å². The lowest BCUT2D eigenvalue weighted by Gasteiger charge is -2.19. The van der Waals surface area contributed by atoms with Gasteiger partial charge in [0, 0.05) is 17.0 Å². The molecule has 3 aromatic rings. The predicted octanol–water partition coefficient (Wildman–Crippen LogP) is 3.11. The summed E-state index contributed by atoms with van der Waals surface area (Å²) in [6.07, 6.45) is 2.63. The highest BCUT2D eigenvalue weighted by molar-refractivity contribution is 7.93. The second-order valence-electron chi connectivity index (χ2n) is 6.78. The molecule has 1 aromatic heterocycles. The van der Waals surface area contributed by atoms with Crippen LogP contribution in [0.15, 0.2) is 36.7 Å². The van der Waals surface area contributed by atoms with Crippen molar-refractivity contribution in [2.45, 2.75) is 18.1 Å². The highest BCUT2D eigenvalue weighted by Gasteiger charge is 2.35. The first-order valence-corrected chi connectivity index (χ1v) is 10.4. The molecule has 1 saturated carbocycles. The normalized spacial score (nSPS) is 16.2. The van der Waals surface area contributed by atoms with Crippen LogP contribution < -0.4 is 14.2 Å². The van der Waals surface area contributed by atoms with Crippen molar-refractivity contribution in [3.05, 3.63) is 42.5 Å². The van der Waals surface area contributed by atoms with E-state index >= 15 is 0 Å². The molecule has 5 rings (SSSR count). The monoisotopic (exact) mass is 401 g/mol. The summed E-state index contributed by atoms with van der Waals surface area (Å²) in [5.74, 6) is 0.573. The van der Waals surface area contributed by atoms with E-state index in [0.717, 1.165) is 0 Å². The fourth-order valence-electron chi connectivity index (χ4n) is 3.20. The van der Waals surface area contributed by atoms with Crippen molar-refractivity contribution >= 4 is 26.6 Å². The van der Waals surface area contributed by atoms with Gasteiger partial charge in [-0.2, -0.15) is 0 Å². The Morgan fingerprint density at radius 3 is 2.50 bits per heavy atom. The Balaban J connectivity index is 1.56. The van der Waals surface area contributed by atoms with Gasteiger partial charge < -0.3 is 9.47 Å². The molecule has 0 radical (unpaired) electrons. The van der Waals surface area contributed by atoms with Crippen LogP contribution in [-0.2, 0) is 10.0 Å².